The van der Waals surface area contributed by atoms with Crippen LogP contribution in [0, 0.1) is 0 Å². The molecule has 152 valence electrons. The first-order chi connectivity index (χ1) is 13.7. The summed E-state index contributed by atoms with van der Waals surface area (Å²) in [6.07, 6.45) is -0.582. The lowest BCUT2D eigenvalue weighted by molar-refractivity contribution is -0.147. The summed E-state index contributed by atoms with van der Waals surface area (Å²) >= 11 is 0. The van der Waals surface area contributed by atoms with Crippen LogP contribution in [-0.4, -0.2) is 36.4 Å². The van der Waals surface area contributed by atoms with Gasteiger partial charge in [-0.05, 0) is 35.9 Å². The minimum absolute atomic E-state index is 0.101. The van der Waals surface area contributed by atoms with Crippen molar-refractivity contribution < 1.29 is 28.6 Å². The Balaban J connectivity index is 2.28. The van der Waals surface area contributed by atoms with Gasteiger partial charge in [-0.3, -0.25) is 19.3 Å². The molecule has 0 bridgehead atoms. The molecule has 7 heteroatoms. The monoisotopic (exact) mass is 397 g/mol. The van der Waals surface area contributed by atoms with Gasteiger partial charge in [0.2, 0.25) is 0 Å². The van der Waals surface area contributed by atoms with Crippen LogP contribution in [0.1, 0.15) is 38.0 Å². The van der Waals surface area contributed by atoms with Crippen molar-refractivity contribution in [2.45, 2.75) is 33.4 Å². The zero-order valence-corrected chi connectivity index (χ0v) is 16.9. The molecule has 3 rings (SSSR count). The molecule has 0 spiro atoms. The molecule has 1 unspecified atom stereocenters. The fourth-order valence-corrected chi connectivity index (χ4v) is 3.50. The van der Waals surface area contributed by atoms with Gasteiger partial charge in [-0.25, -0.2) is 0 Å². The second-order valence-electron chi connectivity index (χ2n) is 7.03. The highest BCUT2D eigenvalue weighted by atomic mass is 16.6. The summed E-state index contributed by atoms with van der Waals surface area (Å²) < 4.78 is 16.2. The Morgan fingerprint density at radius 3 is 2.14 bits per heavy atom. The van der Waals surface area contributed by atoms with Gasteiger partial charge in [0, 0.05) is 39.4 Å². The van der Waals surface area contributed by atoms with Crippen LogP contribution in [0.4, 0.5) is 0 Å². The number of carbonyl (C=O) groups is 3. The molecule has 0 aliphatic carbocycles. The number of likely N-dealkylation sites (N-methyl/N-ethyl adjacent to an activating group) is 1. The molecular formula is C22H23NO6. The smallest absolute Gasteiger partial charge is 0.308 e. The Morgan fingerprint density at radius 2 is 1.52 bits per heavy atom. The average molecular weight is 397 g/mol. The van der Waals surface area contributed by atoms with Gasteiger partial charge in [-0.1, -0.05) is 24.3 Å². The molecule has 29 heavy (non-hydrogen) atoms. The van der Waals surface area contributed by atoms with Crippen LogP contribution in [-0.2, 0) is 25.7 Å². The van der Waals surface area contributed by atoms with Crippen molar-refractivity contribution in [2.75, 3.05) is 13.6 Å². The third kappa shape index (κ3) is 4.81. The van der Waals surface area contributed by atoms with Crippen LogP contribution >= 0.6 is 0 Å². The number of benzene rings is 2. The number of ether oxygens (including phenoxy) is 3. The van der Waals surface area contributed by atoms with E-state index in [-0.39, 0.29) is 11.5 Å². The molecule has 2 aromatic rings. The number of fused-ring (bicyclic) bond motifs is 3. The van der Waals surface area contributed by atoms with E-state index in [0.717, 1.165) is 16.7 Å². The van der Waals surface area contributed by atoms with E-state index in [9.17, 15) is 14.4 Å². The van der Waals surface area contributed by atoms with E-state index in [4.69, 9.17) is 14.2 Å². The number of hydrogen-bond donors (Lipinski definition) is 0. The van der Waals surface area contributed by atoms with E-state index in [1.165, 1.54) is 20.8 Å². The van der Waals surface area contributed by atoms with E-state index >= 15 is 0 Å². The largest absolute Gasteiger partial charge is 0.456 e. The minimum atomic E-state index is -0.582. The predicted octanol–water partition coefficient (Wildman–Crippen LogP) is 3.25. The molecule has 1 aliphatic rings. The molecule has 0 radical (unpaired) electrons. The molecule has 0 saturated heterocycles. The van der Waals surface area contributed by atoms with Gasteiger partial charge in [0.05, 0.1) is 0 Å². The quantitative estimate of drug-likeness (QED) is 0.581. The number of esters is 3. The van der Waals surface area contributed by atoms with E-state index in [2.05, 4.69) is 4.90 Å². The summed E-state index contributed by atoms with van der Waals surface area (Å²) in [5.41, 5.74) is 3.43. The standard InChI is InChI=1S/C22H23NO6/c1-13(24)27-20-9-18-17-8-6-5-7-16(17)11-23(4)12-22(29-15(3)26)19(18)10-21(20)28-14(2)25/h5-10,22H,11-12H2,1-4H3. The second kappa shape index (κ2) is 8.45. The average Bonchev–Trinajstić information content (AvgIpc) is 2.60. The van der Waals surface area contributed by atoms with Crippen molar-refractivity contribution in [1.82, 2.24) is 4.90 Å². The maximum atomic E-state index is 11.8. The molecule has 1 aliphatic heterocycles. The summed E-state index contributed by atoms with van der Waals surface area (Å²) in [6.45, 7) is 5.00. The molecule has 7 nitrogen and oxygen atoms in total. The Morgan fingerprint density at radius 1 is 0.897 bits per heavy atom. The van der Waals surface area contributed by atoms with Crippen molar-refractivity contribution >= 4 is 17.9 Å². The van der Waals surface area contributed by atoms with E-state index in [1.54, 1.807) is 12.1 Å². The SMILES string of the molecule is CC(=O)Oc1cc2c(cc1OC(C)=O)C(OC(C)=O)CN(C)Cc1ccccc1-2. The Bertz CT molecular complexity index is 968. The summed E-state index contributed by atoms with van der Waals surface area (Å²) in [5.74, 6) is -1.26. The maximum absolute atomic E-state index is 11.8. The topological polar surface area (TPSA) is 82.1 Å². The third-order valence-corrected chi connectivity index (χ3v) is 4.50. The molecule has 0 N–H and O–H groups in total. The highest BCUT2D eigenvalue weighted by Gasteiger charge is 2.28. The van der Waals surface area contributed by atoms with Crippen molar-refractivity contribution in [3.63, 3.8) is 0 Å². The van der Waals surface area contributed by atoms with Gasteiger partial charge in [-0.2, -0.15) is 0 Å². The van der Waals surface area contributed by atoms with Crippen LogP contribution in [0.2, 0.25) is 0 Å². The van der Waals surface area contributed by atoms with Crippen LogP contribution in [0.15, 0.2) is 36.4 Å². The van der Waals surface area contributed by atoms with Gasteiger partial charge in [0.1, 0.15) is 6.10 Å². The van der Waals surface area contributed by atoms with Crippen LogP contribution in [0.25, 0.3) is 11.1 Å². The summed E-state index contributed by atoms with van der Waals surface area (Å²) in [5, 5.41) is 0. The lowest BCUT2D eigenvalue weighted by atomic mass is 9.90. The predicted molar refractivity (Wildman–Crippen MR) is 105 cm³/mol. The maximum Gasteiger partial charge on any atom is 0.308 e. The first-order valence-electron chi connectivity index (χ1n) is 9.23. The molecule has 0 saturated carbocycles. The molecule has 1 heterocycles. The molecule has 2 aromatic carbocycles. The first-order valence-corrected chi connectivity index (χ1v) is 9.23. The number of nitrogens with zero attached hydrogens (tertiary/aromatic N) is 1. The van der Waals surface area contributed by atoms with Gasteiger partial charge in [0.25, 0.3) is 0 Å². The third-order valence-electron chi connectivity index (χ3n) is 4.50. The first kappa shape index (κ1) is 20.5. The van der Waals surface area contributed by atoms with Crippen molar-refractivity contribution in [3.8, 4) is 22.6 Å². The Kier molecular flexibility index (Phi) is 5.98. The van der Waals surface area contributed by atoms with Crippen molar-refractivity contribution in [3.05, 3.63) is 47.5 Å². The highest BCUT2D eigenvalue weighted by molar-refractivity contribution is 5.80. The summed E-state index contributed by atoms with van der Waals surface area (Å²) in [4.78, 5) is 37.0. The van der Waals surface area contributed by atoms with Crippen LogP contribution in [0.3, 0.4) is 0 Å². The van der Waals surface area contributed by atoms with Gasteiger partial charge < -0.3 is 14.2 Å². The highest BCUT2D eigenvalue weighted by Crippen LogP contribution is 2.42. The lowest BCUT2D eigenvalue weighted by Crippen LogP contribution is -2.29. The fourth-order valence-electron chi connectivity index (χ4n) is 3.50. The molecule has 0 amide bonds. The summed E-state index contributed by atoms with van der Waals surface area (Å²) in [7, 11) is 1.94. The van der Waals surface area contributed by atoms with Gasteiger partial charge in [-0.15, -0.1) is 0 Å². The normalized spacial score (nSPS) is 15.9. The van der Waals surface area contributed by atoms with E-state index in [1.807, 2.05) is 31.3 Å². The summed E-state index contributed by atoms with van der Waals surface area (Å²) in [6, 6.07) is 11.1. The van der Waals surface area contributed by atoms with E-state index < -0.39 is 24.0 Å². The number of hydrogen-bond acceptors (Lipinski definition) is 7. The zero-order chi connectivity index (χ0) is 21.1. The Hall–Kier alpha value is -3.19. The number of rotatable bonds is 3. The van der Waals surface area contributed by atoms with Crippen LogP contribution < -0.4 is 9.47 Å². The Labute approximate surface area is 169 Å². The van der Waals surface area contributed by atoms with Crippen molar-refractivity contribution in [2.24, 2.45) is 0 Å². The van der Waals surface area contributed by atoms with Gasteiger partial charge in [0.15, 0.2) is 11.5 Å². The molecule has 1 atom stereocenters. The molecule has 0 aromatic heterocycles. The molecule has 0 fully saturated rings. The van der Waals surface area contributed by atoms with Gasteiger partial charge >= 0.3 is 17.9 Å². The fraction of sp³-hybridized carbons (Fsp3) is 0.318. The van der Waals surface area contributed by atoms with Crippen LogP contribution in [0.5, 0.6) is 11.5 Å². The van der Waals surface area contributed by atoms with E-state index in [0.29, 0.717) is 18.7 Å². The number of carbonyl (C=O) groups excluding carboxylic acids is 3. The lowest BCUT2D eigenvalue weighted by Gasteiger charge is -2.30. The molecular weight excluding hydrogens is 374 g/mol. The second-order valence-corrected chi connectivity index (χ2v) is 7.03. The zero-order valence-electron chi connectivity index (χ0n) is 16.9. The van der Waals surface area contributed by atoms with Crippen molar-refractivity contribution in [1.29, 1.82) is 0 Å². The minimum Gasteiger partial charge on any atom is -0.456 e.